The number of unbranched alkanes of at least 4 members (excludes halogenated alkanes) is 41. The van der Waals surface area contributed by atoms with Gasteiger partial charge < -0.3 is 20.1 Å². The smallest absolute Gasteiger partial charge is 0.462 e. The van der Waals surface area contributed by atoms with Crippen LogP contribution in [0.5, 0.6) is 0 Å². The maximum atomic E-state index is 12.8. The molecule has 2 atom stereocenters. The summed E-state index contributed by atoms with van der Waals surface area (Å²) in [5.74, 6) is -0.828. The number of carbonyl (C=O) groups excluding carboxylic acids is 2. The van der Waals surface area contributed by atoms with Gasteiger partial charge in [-0.2, -0.15) is 0 Å². The van der Waals surface area contributed by atoms with Crippen LogP contribution in [0.15, 0.2) is 109 Å². The number of phosphoric acid groups is 1. The molecule has 0 saturated heterocycles. The van der Waals surface area contributed by atoms with Gasteiger partial charge in [0.05, 0.1) is 13.2 Å². The van der Waals surface area contributed by atoms with E-state index < -0.39 is 26.5 Å². The van der Waals surface area contributed by atoms with Gasteiger partial charge in [0.15, 0.2) is 6.10 Å². The summed E-state index contributed by atoms with van der Waals surface area (Å²) >= 11 is 0. The van der Waals surface area contributed by atoms with Crippen LogP contribution >= 0.6 is 7.82 Å². The van der Waals surface area contributed by atoms with Crippen molar-refractivity contribution in [2.45, 2.75) is 367 Å². The van der Waals surface area contributed by atoms with E-state index in [0.29, 0.717) is 6.42 Å². The fraction of sp³-hybridized carbons (Fsp3) is 0.753. The van der Waals surface area contributed by atoms with Crippen LogP contribution in [0.25, 0.3) is 0 Å². The topological polar surface area (TPSA) is 134 Å². The molecule has 0 bridgehead atoms. The zero-order chi connectivity index (χ0) is 65.8. The van der Waals surface area contributed by atoms with Crippen LogP contribution in [0, 0.1) is 0 Å². The van der Waals surface area contributed by atoms with Crippen molar-refractivity contribution in [2.24, 2.45) is 5.73 Å². The Labute approximate surface area is 562 Å². The van der Waals surface area contributed by atoms with Crippen molar-refractivity contribution in [3.8, 4) is 0 Å². The molecule has 2 unspecified atom stereocenters. The lowest BCUT2D eigenvalue weighted by atomic mass is 10.0. The van der Waals surface area contributed by atoms with Crippen molar-refractivity contribution in [3.05, 3.63) is 109 Å². The molecule has 0 heterocycles. The van der Waals surface area contributed by atoms with Crippen LogP contribution in [0.4, 0.5) is 0 Å². The van der Waals surface area contributed by atoms with Crippen LogP contribution in [0.1, 0.15) is 361 Å². The highest BCUT2D eigenvalue weighted by Crippen LogP contribution is 2.43. The van der Waals surface area contributed by atoms with E-state index in [9.17, 15) is 19.0 Å². The largest absolute Gasteiger partial charge is 0.472 e. The number of allylic oxidation sites excluding steroid dienone is 18. The van der Waals surface area contributed by atoms with Gasteiger partial charge in [0.25, 0.3) is 0 Å². The van der Waals surface area contributed by atoms with Crippen molar-refractivity contribution in [1.82, 2.24) is 0 Å². The summed E-state index contributed by atoms with van der Waals surface area (Å²) in [7, 11) is -4.40. The molecule has 0 amide bonds. The maximum Gasteiger partial charge on any atom is 0.472 e. The number of esters is 2. The number of carbonyl (C=O) groups is 2. The fourth-order valence-electron chi connectivity index (χ4n) is 11.0. The summed E-state index contributed by atoms with van der Waals surface area (Å²) < 4.78 is 33.2. The molecule has 0 aliphatic heterocycles. The maximum absolute atomic E-state index is 12.8. The monoisotopic (exact) mass is 1290 g/mol. The molecule has 10 heteroatoms. The minimum absolute atomic E-state index is 0.0486. The number of ether oxygens (including phenoxy) is 2. The lowest BCUT2D eigenvalue weighted by molar-refractivity contribution is -0.161. The second-order valence-corrected chi connectivity index (χ2v) is 26.9. The van der Waals surface area contributed by atoms with Crippen LogP contribution in [-0.4, -0.2) is 49.3 Å². The van der Waals surface area contributed by atoms with E-state index >= 15 is 0 Å². The summed E-state index contributed by atoms with van der Waals surface area (Å²) in [6.45, 7) is 3.66. The first-order valence-electron chi connectivity index (χ1n) is 38.4. The molecule has 0 aliphatic carbocycles. The molecule has 91 heavy (non-hydrogen) atoms. The number of rotatable bonds is 72. The highest BCUT2D eigenvalue weighted by atomic mass is 31.2. The predicted molar refractivity (Wildman–Crippen MR) is 395 cm³/mol. The zero-order valence-corrected chi connectivity index (χ0v) is 60.2. The molecule has 0 spiro atoms. The first kappa shape index (κ1) is 87.7. The van der Waals surface area contributed by atoms with Gasteiger partial charge in [0, 0.05) is 19.4 Å². The molecule has 0 aliphatic rings. The first-order valence-corrected chi connectivity index (χ1v) is 39.9. The third-order valence-electron chi connectivity index (χ3n) is 16.6. The quantitative estimate of drug-likeness (QED) is 0.0264. The van der Waals surface area contributed by atoms with Gasteiger partial charge in [0.1, 0.15) is 6.61 Å². The number of nitrogens with two attached hydrogens (primary N) is 1. The van der Waals surface area contributed by atoms with Crippen molar-refractivity contribution in [3.63, 3.8) is 0 Å². The van der Waals surface area contributed by atoms with Crippen LogP contribution in [0.3, 0.4) is 0 Å². The zero-order valence-electron chi connectivity index (χ0n) is 59.3. The fourth-order valence-corrected chi connectivity index (χ4v) is 11.8. The van der Waals surface area contributed by atoms with Crippen LogP contribution < -0.4 is 5.73 Å². The van der Waals surface area contributed by atoms with Crippen LogP contribution in [-0.2, 0) is 32.7 Å². The Hall–Kier alpha value is -3.33. The Balaban J connectivity index is 3.85. The molecule has 0 fully saturated rings. The SMILES string of the molecule is CC/C=C\C/C=C\C/C=C\C/C=C\C/C=C\C/C=C\C/C=C\C/C=C\CCCCCCCCCCC(=O)OC(COC(=O)CCCCCCCCCCCCCCCCCCCCCCCCCCC/C=C\CCCCCCCCCC)COP(=O)(O)OCCN. The van der Waals surface area contributed by atoms with Crippen molar-refractivity contribution in [1.29, 1.82) is 0 Å². The second kappa shape index (κ2) is 75.7. The van der Waals surface area contributed by atoms with Crippen molar-refractivity contribution >= 4 is 19.8 Å². The second-order valence-electron chi connectivity index (χ2n) is 25.5. The van der Waals surface area contributed by atoms with Gasteiger partial charge in [-0.1, -0.05) is 354 Å². The predicted octanol–water partition coefficient (Wildman–Crippen LogP) is 25.6. The molecule has 526 valence electrons. The average Bonchev–Trinajstić information content (AvgIpc) is 3.74. The van der Waals surface area contributed by atoms with E-state index in [-0.39, 0.29) is 38.6 Å². The number of hydrogen-bond acceptors (Lipinski definition) is 8. The number of hydrogen-bond donors (Lipinski definition) is 2. The Bertz CT molecular complexity index is 1860. The normalized spacial score (nSPS) is 13.5. The molecular formula is C81H144NO8P. The van der Waals surface area contributed by atoms with Gasteiger partial charge in [-0.3, -0.25) is 18.6 Å². The van der Waals surface area contributed by atoms with Crippen molar-refractivity contribution in [2.75, 3.05) is 26.4 Å². The minimum Gasteiger partial charge on any atom is -0.462 e. The van der Waals surface area contributed by atoms with Gasteiger partial charge >= 0.3 is 19.8 Å². The minimum atomic E-state index is -4.40. The Kier molecular flexibility index (Phi) is 72.9. The lowest BCUT2D eigenvalue weighted by Gasteiger charge is -2.19. The lowest BCUT2D eigenvalue weighted by Crippen LogP contribution is -2.29. The van der Waals surface area contributed by atoms with E-state index in [1.165, 1.54) is 231 Å². The average molecular weight is 1290 g/mol. The van der Waals surface area contributed by atoms with Gasteiger partial charge in [-0.25, -0.2) is 4.57 Å². The summed E-state index contributed by atoms with van der Waals surface area (Å²) in [6, 6.07) is 0. The van der Waals surface area contributed by atoms with E-state index in [0.717, 1.165) is 96.3 Å². The summed E-state index contributed by atoms with van der Waals surface area (Å²) in [5, 5.41) is 0. The standard InChI is InChI=1S/C81H144NO8P/c1-3-5-7-9-11-13-15-17-19-21-23-25-27-29-31-33-35-37-38-39-40-42-43-45-47-49-51-53-55-57-59-61-63-65-67-69-71-73-80(83)87-77-79(78-89-91(85,86)88-76-75-82)90-81(84)74-72-70-68-66-64-62-60-58-56-54-52-50-48-46-44-41-36-34-32-30-28-26-24-22-20-18-16-14-12-10-8-6-4-2/h6,8,12,14,18,20-21,23-24,26,30,32,36,41,46,48,52,54,79H,3-5,7,9-11,13,15-17,19,22,25,27-29,31,33-35,37-40,42-45,47,49-51,53,55-78,82H2,1-2H3,(H,85,86)/b8-6-,14-12-,20-18-,23-21-,26-24-,32-30-,41-36-,48-46-,54-52-. The van der Waals surface area contributed by atoms with Gasteiger partial charge in [-0.05, 0) is 103 Å². The van der Waals surface area contributed by atoms with Crippen LogP contribution in [0.2, 0.25) is 0 Å². The molecule has 0 aromatic heterocycles. The summed E-state index contributed by atoms with van der Waals surface area (Å²) in [6.07, 6.45) is 105. The molecule has 0 aromatic rings. The molecule has 0 rings (SSSR count). The molecule has 3 N–H and O–H groups in total. The number of phosphoric ester groups is 1. The Morgan fingerprint density at radius 2 is 0.604 bits per heavy atom. The van der Waals surface area contributed by atoms with Gasteiger partial charge in [-0.15, -0.1) is 0 Å². The highest BCUT2D eigenvalue weighted by Gasteiger charge is 2.26. The Morgan fingerprint density at radius 1 is 0.341 bits per heavy atom. The molecule has 0 saturated carbocycles. The Morgan fingerprint density at radius 3 is 0.912 bits per heavy atom. The van der Waals surface area contributed by atoms with E-state index in [2.05, 4.69) is 123 Å². The molecule has 9 nitrogen and oxygen atoms in total. The van der Waals surface area contributed by atoms with E-state index in [4.69, 9.17) is 24.3 Å². The molecular weight excluding hydrogens is 1150 g/mol. The van der Waals surface area contributed by atoms with E-state index in [1.54, 1.807) is 0 Å². The molecule has 0 radical (unpaired) electrons. The third kappa shape index (κ3) is 75.6. The van der Waals surface area contributed by atoms with Crippen molar-refractivity contribution < 1.29 is 37.6 Å². The first-order chi connectivity index (χ1) is 44.8. The van der Waals surface area contributed by atoms with E-state index in [1.807, 2.05) is 0 Å². The third-order valence-corrected chi connectivity index (χ3v) is 17.6. The summed E-state index contributed by atoms with van der Waals surface area (Å²) in [5.41, 5.74) is 5.41. The van der Waals surface area contributed by atoms with Gasteiger partial charge in [0.2, 0.25) is 0 Å². The molecule has 0 aromatic carbocycles. The summed E-state index contributed by atoms with van der Waals surface area (Å²) in [4.78, 5) is 35.4. The highest BCUT2D eigenvalue weighted by molar-refractivity contribution is 7.47.